The minimum absolute atomic E-state index is 0.00112. The molecule has 2 aromatic rings. The van der Waals surface area contributed by atoms with E-state index in [1.807, 2.05) is 63.9 Å². The molecule has 2 aliphatic heterocycles. The quantitative estimate of drug-likeness (QED) is 0.432. The number of carbonyl (C=O) groups is 2. The second-order valence-corrected chi connectivity index (χ2v) is 11.8. The first kappa shape index (κ1) is 26.1. The van der Waals surface area contributed by atoms with E-state index in [2.05, 4.69) is 0 Å². The molecule has 0 bridgehead atoms. The summed E-state index contributed by atoms with van der Waals surface area (Å²) >= 11 is 0. The number of rotatable bonds is 6. The number of carbonyl (C=O) groups excluding carboxylic acids is 2. The molecular formula is C27H32N2O6S. The van der Waals surface area contributed by atoms with E-state index in [4.69, 9.17) is 9.47 Å². The Hall–Kier alpha value is -3.01. The minimum atomic E-state index is -3.81. The second-order valence-electron chi connectivity index (χ2n) is 9.88. The lowest BCUT2D eigenvalue weighted by Crippen LogP contribution is -2.48. The van der Waals surface area contributed by atoms with E-state index >= 15 is 0 Å². The Kier molecular flexibility index (Phi) is 7.10. The fourth-order valence-electron chi connectivity index (χ4n) is 4.93. The predicted molar refractivity (Wildman–Crippen MR) is 136 cm³/mol. The highest BCUT2D eigenvalue weighted by molar-refractivity contribution is 7.89. The number of esters is 1. The SMILES string of the molecule is CC1CN(S(=O)(=O)c2cccc(C(=O)OCC(=O)C=C3N(C)c4ccccc4C3(C)C)c2)CC(C)O1. The molecule has 1 saturated heterocycles. The zero-order valence-electron chi connectivity index (χ0n) is 21.2. The summed E-state index contributed by atoms with van der Waals surface area (Å²) in [5.41, 5.74) is 2.65. The summed E-state index contributed by atoms with van der Waals surface area (Å²) in [7, 11) is -1.91. The zero-order valence-corrected chi connectivity index (χ0v) is 22.0. The average Bonchev–Trinajstić information content (AvgIpc) is 3.02. The summed E-state index contributed by atoms with van der Waals surface area (Å²) in [5, 5.41) is 0. The summed E-state index contributed by atoms with van der Waals surface area (Å²) in [6, 6.07) is 13.7. The van der Waals surface area contributed by atoms with E-state index in [0.717, 1.165) is 16.9 Å². The third-order valence-corrected chi connectivity index (χ3v) is 8.50. The molecule has 2 aromatic carbocycles. The Labute approximate surface area is 212 Å². The van der Waals surface area contributed by atoms with Crippen LogP contribution in [0.25, 0.3) is 0 Å². The Morgan fingerprint density at radius 3 is 2.42 bits per heavy atom. The summed E-state index contributed by atoms with van der Waals surface area (Å²) in [5.74, 6) is -1.11. The lowest BCUT2D eigenvalue weighted by atomic mass is 9.83. The molecule has 2 aliphatic rings. The maximum absolute atomic E-state index is 13.1. The van der Waals surface area contributed by atoms with Crippen LogP contribution in [0.15, 0.2) is 65.2 Å². The van der Waals surface area contributed by atoms with Crippen LogP contribution >= 0.6 is 0 Å². The summed E-state index contributed by atoms with van der Waals surface area (Å²) in [6.07, 6.45) is 1.05. The topological polar surface area (TPSA) is 93.2 Å². The number of hydrogen-bond donors (Lipinski definition) is 0. The smallest absolute Gasteiger partial charge is 0.338 e. The van der Waals surface area contributed by atoms with Crippen LogP contribution in [0.4, 0.5) is 5.69 Å². The van der Waals surface area contributed by atoms with Crippen molar-refractivity contribution in [1.29, 1.82) is 0 Å². The van der Waals surface area contributed by atoms with Gasteiger partial charge in [-0.1, -0.05) is 38.1 Å². The van der Waals surface area contributed by atoms with Gasteiger partial charge >= 0.3 is 5.97 Å². The minimum Gasteiger partial charge on any atom is -0.454 e. The van der Waals surface area contributed by atoms with Gasteiger partial charge in [0.1, 0.15) is 0 Å². The number of ketones is 1. The van der Waals surface area contributed by atoms with Crippen LogP contribution in [-0.4, -0.2) is 63.4 Å². The number of hydrogen-bond acceptors (Lipinski definition) is 7. The Balaban J connectivity index is 1.45. The van der Waals surface area contributed by atoms with Gasteiger partial charge in [-0.25, -0.2) is 13.2 Å². The number of sulfonamides is 1. The molecule has 192 valence electrons. The molecule has 8 nitrogen and oxygen atoms in total. The molecule has 36 heavy (non-hydrogen) atoms. The van der Waals surface area contributed by atoms with Gasteiger partial charge in [-0.05, 0) is 43.7 Å². The van der Waals surface area contributed by atoms with Crippen LogP contribution in [0.3, 0.4) is 0 Å². The first-order valence-corrected chi connectivity index (χ1v) is 13.4. The van der Waals surface area contributed by atoms with Crippen molar-refractivity contribution in [2.75, 3.05) is 31.6 Å². The second kappa shape index (κ2) is 9.80. The van der Waals surface area contributed by atoms with Crippen LogP contribution in [-0.2, 0) is 29.7 Å². The van der Waals surface area contributed by atoms with Crippen molar-refractivity contribution in [2.45, 2.75) is 50.2 Å². The third kappa shape index (κ3) is 4.96. The van der Waals surface area contributed by atoms with E-state index < -0.39 is 22.6 Å². The van der Waals surface area contributed by atoms with E-state index in [1.165, 1.54) is 34.6 Å². The lowest BCUT2D eigenvalue weighted by molar-refractivity contribution is -0.117. The number of benzene rings is 2. The summed E-state index contributed by atoms with van der Waals surface area (Å²) in [6.45, 7) is 7.75. The maximum atomic E-state index is 13.1. The van der Waals surface area contributed by atoms with Crippen molar-refractivity contribution in [1.82, 2.24) is 4.31 Å². The normalized spacial score (nSPS) is 22.9. The van der Waals surface area contributed by atoms with Gasteiger partial charge in [0, 0.05) is 43.0 Å². The number of likely N-dealkylation sites (N-methyl/N-ethyl adjacent to an activating group) is 1. The fourth-order valence-corrected chi connectivity index (χ4v) is 6.57. The molecule has 2 unspecified atom stereocenters. The summed E-state index contributed by atoms with van der Waals surface area (Å²) < 4.78 is 38.5. The molecule has 0 aliphatic carbocycles. The lowest BCUT2D eigenvalue weighted by Gasteiger charge is -2.34. The monoisotopic (exact) mass is 512 g/mol. The molecular weight excluding hydrogens is 480 g/mol. The van der Waals surface area contributed by atoms with Crippen LogP contribution in [0.5, 0.6) is 0 Å². The molecule has 0 radical (unpaired) electrons. The Morgan fingerprint density at radius 1 is 1.08 bits per heavy atom. The van der Waals surface area contributed by atoms with Crippen molar-refractivity contribution in [3.05, 3.63) is 71.4 Å². The van der Waals surface area contributed by atoms with E-state index in [1.54, 1.807) is 0 Å². The van der Waals surface area contributed by atoms with Crippen LogP contribution in [0.2, 0.25) is 0 Å². The molecule has 0 saturated carbocycles. The van der Waals surface area contributed by atoms with Crippen molar-refractivity contribution >= 4 is 27.5 Å². The van der Waals surface area contributed by atoms with Crippen molar-refractivity contribution in [2.24, 2.45) is 0 Å². The number of para-hydroxylation sites is 1. The molecule has 1 fully saturated rings. The third-order valence-electron chi connectivity index (χ3n) is 6.68. The molecule has 2 atom stereocenters. The van der Waals surface area contributed by atoms with Crippen LogP contribution in [0, 0.1) is 0 Å². The summed E-state index contributed by atoms with van der Waals surface area (Å²) in [4.78, 5) is 27.4. The number of nitrogens with zero attached hydrogens (tertiary/aromatic N) is 2. The van der Waals surface area contributed by atoms with E-state index in [9.17, 15) is 18.0 Å². The van der Waals surface area contributed by atoms with Gasteiger partial charge in [-0.2, -0.15) is 4.31 Å². The fraction of sp³-hybridized carbons (Fsp3) is 0.407. The Morgan fingerprint density at radius 2 is 1.75 bits per heavy atom. The Bertz CT molecular complexity index is 1310. The highest BCUT2D eigenvalue weighted by Gasteiger charge is 2.38. The van der Waals surface area contributed by atoms with E-state index in [-0.39, 0.29) is 47.0 Å². The first-order valence-electron chi connectivity index (χ1n) is 11.9. The highest BCUT2D eigenvalue weighted by Crippen LogP contribution is 2.46. The zero-order chi connectivity index (χ0) is 26.3. The molecule has 9 heteroatoms. The van der Waals surface area contributed by atoms with Crippen molar-refractivity contribution in [3.8, 4) is 0 Å². The standard InChI is InChI=1S/C27H32N2O6S/c1-18-15-29(16-19(2)35-18)36(32,33)22-10-8-9-20(13-22)26(31)34-17-21(30)14-25-27(3,4)23-11-6-7-12-24(23)28(25)5/h6-14,18-19H,15-17H2,1-5H3. The largest absolute Gasteiger partial charge is 0.454 e. The van der Waals surface area contributed by atoms with Gasteiger partial charge in [-0.15, -0.1) is 0 Å². The number of fused-ring (bicyclic) bond motifs is 1. The first-order chi connectivity index (χ1) is 16.9. The number of allylic oxidation sites excluding steroid dienone is 1. The van der Waals surface area contributed by atoms with Crippen LogP contribution < -0.4 is 4.90 Å². The molecule has 0 aromatic heterocycles. The molecule has 4 rings (SSSR count). The van der Waals surface area contributed by atoms with Gasteiger partial charge in [0.25, 0.3) is 0 Å². The molecule has 0 N–H and O–H groups in total. The number of morpholine rings is 1. The number of ether oxygens (including phenoxy) is 2. The van der Waals surface area contributed by atoms with Crippen molar-refractivity contribution < 1.29 is 27.5 Å². The van der Waals surface area contributed by atoms with Gasteiger partial charge in [0.05, 0.1) is 22.7 Å². The van der Waals surface area contributed by atoms with Gasteiger partial charge in [-0.3, -0.25) is 4.79 Å². The van der Waals surface area contributed by atoms with Gasteiger partial charge in [0.15, 0.2) is 12.4 Å². The van der Waals surface area contributed by atoms with Gasteiger partial charge in [0.2, 0.25) is 10.0 Å². The average molecular weight is 513 g/mol. The van der Waals surface area contributed by atoms with Crippen molar-refractivity contribution in [3.63, 3.8) is 0 Å². The van der Waals surface area contributed by atoms with Gasteiger partial charge < -0.3 is 14.4 Å². The van der Waals surface area contributed by atoms with Crippen LogP contribution in [0.1, 0.15) is 43.6 Å². The molecule has 2 heterocycles. The molecule has 0 amide bonds. The predicted octanol–water partition coefficient (Wildman–Crippen LogP) is 3.52. The maximum Gasteiger partial charge on any atom is 0.338 e. The molecule has 0 spiro atoms. The highest BCUT2D eigenvalue weighted by atomic mass is 32.2. The number of anilines is 1. The van der Waals surface area contributed by atoms with E-state index in [0.29, 0.717) is 0 Å².